The molecule has 3 N–H and O–H groups in total. The lowest BCUT2D eigenvalue weighted by Crippen LogP contribution is -1.99. The van der Waals surface area contributed by atoms with Crippen LogP contribution >= 0.6 is 23.4 Å². The normalized spacial score (nSPS) is 12.5. The number of fused-ring (bicyclic) bond motifs is 3. The molecule has 0 spiro atoms. The van der Waals surface area contributed by atoms with Crippen LogP contribution in [0.5, 0.6) is 5.75 Å². The second-order valence-electron chi connectivity index (χ2n) is 8.93. The number of halogens is 1. The highest BCUT2D eigenvalue weighted by Gasteiger charge is 2.23. The van der Waals surface area contributed by atoms with Gasteiger partial charge >= 0.3 is 0 Å². The summed E-state index contributed by atoms with van der Waals surface area (Å²) < 4.78 is 5.51. The van der Waals surface area contributed by atoms with Crippen LogP contribution in [-0.4, -0.2) is 42.1 Å². The molecule has 0 saturated carbocycles. The third kappa shape index (κ3) is 4.69. The largest absolute Gasteiger partial charge is 0.495 e. The highest BCUT2D eigenvalue weighted by Crippen LogP contribution is 2.41. The van der Waals surface area contributed by atoms with Gasteiger partial charge in [-0.25, -0.2) is 19.9 Å². The fourth-order valence-corrected chi connectivity index (χ4v) is 5.93. The lowest BCUT2D eigenvalue weighted by molar-refractivity contribution is -0.110. The zero-order valence-electron chi connectivity index (χ0n) is 21.8. The number of H-pyrrole nitrogens is 2. The molecule has 5 heterocycles. The number of carbonyl (C=O) groups is 1. The van der Waals surface area contributed by atoms with Gasteiger partial charge in [0.15, 0.2) is 5.12 Å². The number of aryl methyl sites for hydroxylation is 4. The van der Waals surface area contributed by atoms with Crippen LogP contribution in [0.2, 0.25) is 5.15 Å². The van der Waals surface area contributed by atoms with E-state index in [1.165, 1.54) is 30.1 Å². The van der Waals surface area contributed by atoms with E-state index in [0.29, 0.717) is 17.3 Å². The number of methoxy groups -OCH3 is 1. The van der Waals surface area contributed by atoms with Crippen molar-refractivity contribution in [2.24, 2.45) is 0 Å². The summed E-state index contributed by atoms with van der Waals surface area (Å²) in [6, 6.07) is 3.88. The number of rotatable bonds is 5. The number of ether oxygens (including phenoxy) is 1. The first-order valence-electron chi connectivity index (χ1n) is 12.3. The molecule has 38 heavy (non-hydrogen) atoms. The fourth-order valence-electron chi connectivity index (χ4n) is 4.75. The molecule has 196 valence electrons. The average Bonchev–Trinajstić information content (AvgIpc) is 3.56. The Balaban J connectivity index is 0.000000190. The maximum absolute atomic E-state index is 11.7. The first-order valence-corrected chi connectivity index (χ1v) is 13.5. The minimum atomic E-state index is 0.160. The summed E-state index contributed by atoms with van der Waals surface area (Å²) in [6.45, 7) is 8.31. The van der Waals surface area contributed by atoms with Crippen molar-refractivity contribution in [1.29, 1.82) is 0 Å². The Kier molecular flexibility index (Phi) is 7.27. The Labute approximate surface area is 229 Å². The summed E-state index contributed by atoms with van der Waals surface area (Å²) in [5.74, 6) is 1.43. The molecule has 0 aliphatic carbocycles. The minimum absolute atomic E-state index is 0.160. The SMILES string of the molecule is CCc1[nH]c2ncnc(Cl)c2c1C.CCc1[nH]c2ncnc(Nc3cc4c(cc3OC)CC(=O)S4)c2c1C. The summed E-state index contributed by atoms with van der Waals surface area (Å²) in [6.07, 6.45) is 5.32. The average molecular weight is 550 g/mol. The molecule has 0 bridgehead atoms. The maximum Gasteiger partial charge on any atom is 0.198 e. The highest BCUT2D eigenvalue weighted by molar-refractivity contribution is 8.14. The Morgan fingerprint density at radius 1 is 0.974 bits per heavy atom. The van der Waals surface area contributed by atoms with E-state index in [-0.39, 0.29) is 5.12 Å². The van der Waals surface area contributed by atoms with Gasteiger partial charge in [0.2, 0.25) is 0 Å². The lowest BCUT2D eigenvalue weighted by Gasteiger charge is -2.13. The van der Waals surface area contributed by atoms with E-state index in [1.54, 1.807) is 7.11 Å². The van der Waals surface area contributed by atoms with Crippen molar-refractivity contribution in [3.63, 3.8) is 0 Å². The van der Waals surface area contributed by atoms with E-state index in [4.69, 9.17) is 16.3 Å². The molecule has 11 heteroatoms. The van der Waals surface area contributed by atoms with Crippen LogP contribution in [-0.2, 0) is 24.1 Å². The van der Waals surface area contributed by atoms with Crippen LogP contribution in [0.4, 0.5) is 11.5 Å². The van der Waals surface area contributed by atoms with Crippen LogP contribution in [0.3, 0.4) is 0 Å². The van der Waals surface area contributed by atoms with Crippen LogP contribution < -0.4 is 10.1 Å². The Bertz CT molecular complexity index is 1680. The van der Waals surface area contributed by atoms with E-state index in [1.807, 2.05) is 19.1 Å². The third-order valence-electron chi connectivity index (χ3n) is 6.74. The standard InChI is InChI=1S/C18H18N4O2S.C9H10ClN3/c1-4-11-9(2)16-17(21-11)19-8-20-18(16)22-12-7-14-10(5-13(12)24-3)6-15(23)25-14;1-3-6-5(2)7-8(10)11-4-12-9(7)13-6/h5,7-8H,4,6H2,1-3H3,(H2,19,20,21,22);4H,3H2,1-2H3,(H,11,12,13). The van der Waals surface area contributed by atoms with Gasteiger partial charge in [0.05, 0.1) is 23.6 Å². The van der Waals surface area contributed by atoms with Gasteiger partial charge in [-0.2, -0.15) is 0 Å². The topological polar surface area (TPSA) is 121 Å². The number of carbonyl (C=O) groups excluding carboxylic acids is 1. The van der Waals surface area contributed by atoms with E-state index in [9.17, 15) is 4.79 Å². The van der Waals surface area contributed by atoms with E-state index in [2.05, 4.69) is 56.0 Å². The molecular weight excluding hydrogens is 522 g/mol. The Morgan fingerprint density at radius 3 is 2.24 bits per heavy atom. The zero-order valence-corrected chi connectivity index (χ0v) is 23.4. The molecule has 9 nitrogen and oxygen atoms in total. The van der Waals surface area contributed by atoms with Crippen LogP contribution in [0, 0.1) is 13.8 Å². The summed E-state index contributed by atoms with van der Waals surface area (Å²) in [5, 5.41) is 5.98. The van der Waals surface area contributed by atoms with Gasteiger partial charge in [0, 0.05) is 22.7 Å². The van der Waals surface area contributed by atoms with E-state index in [0.717, 1.165) is 73.7 Å². The predicted molar refractivity (Wildman–Crippen MR) is 152 cm³/mol. The molecule has 1 aliphatic heterocycles. The van der Waals surface area contributed by atoms with Crippen molar-refractivity contribution in [2.75, 3.05) is 12.4 Å². The number of anilines is 2. The van der Waals surface area contributed by atoms with E-state index >= 15 is 0 Å². The molecular formula is C27H28ClN7O2S. The van der Waals surface area contributed by atoms with Gasteiger partial charge in [0.1, 0.15) is 40.7 Å². The molecule has 0 fully saturated rings. The lowest BCUT2D eigenvalue weighted by atomic mass is 10.1. The monoisotopic (exact) mass is 549 g/mol. The second kappa shape index (κ2) is 10.6. The molecule has 1 aromatic carbocycles. The van der Waals surface area contributed by atoms with Crippen LogP contribution in [0.25, 0.3) is 22.1 Å². The van der Waals surface area contributed by atoms with Crippen molar-refractivity contribution in [1.82, 2.24) is 29.9 Å². The second-order valence-corrected chi connectivity index (χ2v) is 10.4. The number of nitrogens with zero attached hydrogens (tertiary/aromatic N) is 4. The fraction of sp³-hybridized carbons (Fsp3) is 0.296. The number of aromatic nitrogens is 6. The molecule has 6 rings (SSSR count). The Hall–Kier alpha value is -3.63. The highest BCUT2D eigenvalue weighted by atomic mass is 35.5. The Morgan fingerprint density at radius 2 is 1.61 bits per heavy atom. The molecule has 0 saturated heterocycles. The molecule has 0 radical (unpaired) electrons. The van der Waals surface area contributed by atoms with E-state index < -0.39 is 0 Å². The molecule has 0 amide bonds. The summed E-state index contributed by atoms with van der Waals surface area (Å²) in [5.41, 5.74) is 8.08. The number of nitrogens with one attached hydrogen (secondary N) is 3. The number of aromatic amines is 2. The first-order chi connectivity index (χ1) is 18.3. The summed E-state index contributed by atoms with van der Waals surface area (Å²) in [7, 11) is 1.63. The van der Waals surface area contributed by atoms with Gasteiger partial charge in [-0.15, -0.1) is 0 Å². The maximum atomic E-state index is 11.7. The molecule has 1 aliphatic rings. The van der Waals surface area contributed by atoms with Gasteiger partial charge in [0.25, 0.3) is 0 Å². The minimum Gasteiger partial charge on any atom is -0.495 e. The van der Waals surface area contributed by atoms with Crippen molar-refractivity contribution < 1.29 is 9.53 Å². The van der Waals surface area contributed by atoms with Gasteiger partial charge in [-0.3, -0.25) is 4.79 Å². The summed E-state index contributed by atoms with van der Waals surface area (Å²) in [4.78, 5) is 36.1. The van der Waals surface area contributed by atoms with Gasteiger partial charge < -0.3 is 20.0 Å². The molecule has 4 aromatic heterocycles. The van der Waals surface area contributed by atoms with Crippen LogP contribution in [0.1, 0.15) is 41.9 Å². The number of benzene rings is 1. The third-order valence-corrected chi connectivity index (χ3v) is 8.00. The van der Waals surface area contributed by atoms with Crippen molar-refractivity contribution in [3.8, 4) is 5.75 Å². The summed E-state index contributed by atoms with van der Waals surface area (Å²) >= 11 is 7.24. The van der Waals surface area contributed by atoms with Crippen molar-refractivity contribution in [3.05, 3.63) is 58.0 Å². The smallest absolute Gasteiger partial charge is 0.198 e. The van der Waals surface area contributed by atoms with Gasteiger partial charge in [-0.1, -0.05) is 37.2 Å². The number of hydrogen-bond donors (Lipinski definition) is 3. The molecule has 0 unspecified atom stereocenters. The van der Waals surface area contributed by atoms with Crippen molar-refractivity contribution in [2.45, 2.75) is 51.9 Å². The quantitative estimate of drug-likeness (QED) is 0.220. The van der Waals surface area contributed by atoms with Gasteiger partial charge in [-0.05, 0) is 55.5 Å². The predicted octanol–water partition coefficient (Wildman–Crippen LogP) is 6.24. The zero-order chi connectivity index (χ0) is 27.0. The van der Waals surface area contributed by atoms with Crippen molar-refractivity contribution >= 4 is 62.1 Å². The number of hydrogen-bond acceptors (Lipinski definition) is 8. The molecule has 0 atom stereocenters. The van der Waals surface area contributed by atoms with Crippen LogP contribution in [0.15, 0.2) is 29.7 Å². The first kappa shape index (κ1) is 26.0. The number of thioether (sulfide) groups is 1. The molecule has 5 aromatic rings.